The lowest BCUT2D eigenvalue weighted by atomic mass is 10.3. The van der Waals surface area contributed by atoms with Crippen LogP contribution >= 0.6 is 0 Å². The summed E-state index contributed by atoms with van der Waals surface area (Å²) in [6.07, 6.45) is 0. The molecular weight excluding hydrogens is 472 g/mol. The number of benzene rings is 2. The van der Waals surface area contributed by atoms with E-state index in [0.29, 0.717) is 50.0 Å². The van der Waals surface area contributed by atoms with Gasteiger partial charge in [0.2, 0.25) is 0 Å². The van der Waals surface area contributed by atoms with Crippen LogP contribution < -0.4 is 10.4 Å². The molecule has 0 radical (unpaired) electrons. The van der Waals surface area contributed by atoms with Crippen LogP contribution in [0.15, 0.2) is 48.5 Å². The number of hydrogen-bond acceptors (Lipinski definition) is 8. The Morgan fingerprint density at radius 3 is 0.912 bits per heavy atom. The summed E-state index contributed by atoms with van der Waals surface area (Å²) < 4.78 is 34.3. The Balaban J connectivity index is 0.000000340. The number of hydrogen-bond donors (Lipinski definition) is 2. The molecule has 192 valence electrons. The zero-order chi connectivity index (χ0) is 25.5. The summed E-state index contributed by atoms with van der Waals surface area (Å²) >= 11 is 0. The zero-order valence-corrected chi connectivity index (χ0v) is 23.2. The Morgan fingerprint density at radius 1 is 0.471 bits per heavy atom. The second kappa shape index (κ2) is 16.0. The van der Waals surface area contributed by atoms with E-state index in [1.54, 1.807) is 36.4 Å². The van der Waals surface area contributed by atoms with E-state index in [1.807, 2.05) is 53.7 Å². The van der Waals surface area contributed by atoms with Gasteiger partial charge >= 0.3 is 17.6 Å². The molecule has 0 aliphatic rings. The van der Waals surface area contributed by atoms with Gasteiger partial charge in [-0.3, -0.25) is 0 Å². The first kappa shape index (κ1) is 30.3. The van der Waals surface area contributed by atoms with Gasteiger partial charge in [0.1, 0.15) is 11.5 Å². The van der Waals surface area contributed by atoms with Gasteiger partial charge in [0.15, 0.2) is 0 Å². The maximum atomic E-state index is 9.92. The van der Waals surface area contributed by atoms with Crippen molar-refractivity contribution in [3.8, 4) is 11.5 Å². The Bertz CT molecular complexity index is 720. The maximum Gasteiger partial charge on any atom is 0.541 e. The molecular formula is C24H40O8Si2. The summed E-state index contributed by atoms with van der Waals surface area (Å²) in [5.41, 5.74) is 0. The Kier molecular flexibility index (Phi) is 14.2. The highest BCUT2D eigenvalue weighted by Gasteiger charge is 2.46. The van der Waals surface area contributed by atoms with Crippen molar-refractivity contribution in [1.82, 2.24) is 0 Å². The van der Waals surface area contributed by atoms with E-state index in [2.05, 4.69) is 0 Å². The molecule has 2 aromatic rings. The van der Waals surface area contributed by atoms with Crippen LogP contribution in [0.25, 0.3) is 0 Å². The molecule has 0 heterocycles. The minimum Gasteiger partial charge on any atom is -0.508 e. The van der Waals surface area contributed by atoms with Gasteiger partial charge in [-0.15, -0.1) is 0 Å². The quantitative estimate of drug-likeness (QED) is 0.372. The highest BCUT2D eigenvalue weighted by molar-refractivity contribution is 6.76. The molecule has 0 amide bonds. The average Bonchev–Trinajstić information content (AvgIpc) is 2.81. The third-order valence-corrected chi connectivity index (χ3v) is 10.7. The van der Waals surface area contributed by atoms with Crippen molar-refractivity contribution in [1.29, 1.82) is 0 Å². The van der Waals surface area contributed by atoms with Crippen LogP contribution in [0.3, 0.4) is 0 Å². The molecule has 0 saturated heterocycles. The molecule has 0 aliphatic heterocycles. The minimum atomic E-state index is -2.97. The second-order valence-corrected chi connectivity index (χ2v) is 11.8. The second-order valence-electron chi connectivity index (χ2n) is 6.74. The van der Waals surface area contributed by atoms with Crippen molar-refractivity contribution in [2.24, 2.45) is 0 Å². The van der Waals surface area contributed by atoms with Crippen LogP contribution in [-0.2, 0) is 26.6 Å². The van der Waals surface area contributed by atoms with Crippen molar-refractivity contribution in [2.75, 3.05) is 39.6 Å². The molecule has 0 spiro atoms. The first-order valence-electron chi connectivity index (χ1n) is 11.8. The van der Waals surface area contributed by atoms with Gasteiger partial charge in [-0.1, -0.05) is 36.4 Å². The standard InChI is InChI=1S/2C12H20O4Si/c2*1-4-14-17(15-5-2,16-6-3)12-10-8-7-9-11(12)13/h2*7-10,13H,4-6H2,1-3H3. The number of phenolic OH excluding ortho intramolecular Hbond substituents is 2. The van der Waals surface area contributed by atoms with Crippen molar-refractivity contribution < 1.29 is 36.8 Å². The van der Waals surface area contributed by atoms with Crippen molar-refractivity contribution in [3.05, 3.63) is 48.5 Å². The molecule has 0 unspecified atom stereocenters. The molecule has 2 N–H and O–H groups in total. The van der Waals surface area contributed by atoms with Gasteiger partial charge in [0.05, 0.1) is 10.4 Å². The van der Waals surface area contributed by atoms with E-state index in [-0.39, 0.29) is 11.5 Å². The molecule has 0 saturated carbocycles. The maximum absolute atomic E-state index is 9.92. The molecule has 2 aromatic carbocycles. The van der Waals surface area contributed by atoms with E-state index in [1.165, 1.54) is 0 Å². The molecule has 8 nitrogen and oxygen atoms in total. The minimum absolute atomic E-state index is 0.162. The zero-order valence-electron chi connectivity index (χ0n) is 21.2. The molecule has 10 heteroatoms. The van der Waals surface area contributed by atoms with Gasteiger partial charge in [-0.2, -0.15) is 0 Å². The Morgan fingerprint density at radius 2 is 0.706 bits per heavy atom. The summed E-state index contributed by atoms with van der Waals surface area (Å²) in [4.78, 5) is 0. The highest BCUT2D eigenvalue weighted by Crippen LogP contribution is 2.18. The van der Waals surface area contributed by atoms with E-state index >= 15 is 0 Å². The van der Waals surface area contributed by atoms with Gasteiger partial charge in [-0.25, -0.2) is 0 Å². The van der Waals surface area contributed by atoms with Gasteiger partial charge in [0.25, 0.3) is 0 Å². The predicted octanol–water partition coefficient (Wildman–Crippen LogP) is 3.30. The Hall–Kier alpha value is -1.77. The average molecular weight is 513 g/mol. The smallest absolute Gasteiger partial charge is 0.508 e. The normalized spacial score (nSPS) is 11.7. The predicted molar refractivity (Wildman–Crippen MR) is 137 cm³/mol. The van der Waals surface area contributed by atoms with Crippen molar-refractivity contribution in [2.45, 2.75) is 41.5 Å². The van der Waals surface area contributed by atoms with Crippen LogP contribution in [0.1, 0.15) is 41.5 Å². The summed E-state index contributed by atoms with van der Waals surface area (Å²) in [5, 5.41) is 21.1. The number of para-hydroxylation sites is 2. The molecule has 0 bridgehead atoms. The SMILES string of the molecule is CCO[Si](OCC)(OCC)c1ccccc1O.CCO[Si](OCC)(OCC)c1ccccc1O. The molecule has 0 aromatic heterocycles. The van der Waals surface area contributed by atoms with Gasteiger partial charge in [-0.05, 0) is 53.7 Å². The molecule has 2 rings (SSSR count). The van der Waals surface area contributed by atoms with Crippen molar-refractivity contribution >= 4 is 28.0 Å². The van der Waals surface area contributed by atoms with E-state index in [9.17, 15) is 10.2 Å². The molecule has 0 atom stereocenters. The number of phenols is 2. The third kappa shape index (κ3) is 8.17. The van der Waals surface area contributed by atoms with Crippen LogP contribution in [0.5, 0.6) is 11.5 Å². The fourth-order valence-electron chi connectivity index (χ4n) is 3.32. The summed E-state index contributed by atoms with van der Waals surface area (Å²) in [7, 11) is -5.93. The summed E-state index contributed by atoms with van der Waals surface area (Å²) in [6.45, 7) is 14.3. The lowest BCUT2D eigenvalue weighted by Crippen LogP contribution is -2.56. The topological polar surface area (TPSA) is 95.8 Å². The Labute approximate surface area is 206 Å². The van der Waals surface area contributed by atoms with Crippen LogP contribution in [0.4, 0.5) is 0 Å². The first-order valence-corrected chi connectivity index (χ1v) is 15.3. The van der Waals surface area contributed by atoms with Crippen LogP contribution in [-0.4, -0.2) is 67.5 Å². The van der Waals surface area contributed by atoms with Crippen molar-refractivity contribution in [3.63, 3.8) is 0 Å². The fraction of sp³-hybridized carbons (Fsp3) is 0.500. The molecule has 0 aliphatic carbocycles. The van der Waals surface area contributed by atoms with Crippen LogP contribution in [0, 0.1) is 0 Å². The molecule has 0 fully saturated rings. The number of aromatic hydroxyl groups is 2. The van der Waals surface area contributed by atoms with Gasteiger partial charge < -0.3 is 36.8 Å². The monoisotopic (exact) mass is 512 g/mol. The first-order chi connectivity index (χ1) is 16.4. The van der Waals surface area contributed by atoms with E-state index in [0.717, 1.165) is 0 Å². The van der Waals surface area contributed by atoms with E-state index in [4.69, 9.17) is 26.6 Å². The fourth-order valence-corrected chi connectivity index (χ4v) is 8.43. The largest absolute Gasteiger partial charge is 0.541 e. The number of rotatable bonds is 14. The lowest BCUT2D eigenvalue weighted by molar-refractivity contribution is 0.0846. The summed E-state index contributed by atoms with van der Waals surface area (Å²) in [6, 6.07) is 14.0. The third-order valence-electron chi connectivity index (χ3n) is 4.47. The van der Waals surface area contributed by atoms with Crippen LogP contribution in [0.2, 0.25) is 0 Å². The molecule has 34 heavy (non-hydrogen) atoms. The van der Waals surface area contributed by atoms with Gasteiger partial charge in [0, 0.05) is 39.6 Å². The summed E-state index contributed by atoms with van der Waals surface area (Å²) in [5.74, 6) is 0.323. The van der Waals surface area contributed by atoms with E-state index < -0.39 is 17.6 Å². The lowest BCUT2D eigenvalue weighted by Gasteiger charge is -2.28. The highest BCUT2D eigenvalue weighted by atomic mass is 28.4.